The quantitative estimate of drug-likeness (QED) is 0.857. The average molecular weight is 280 g/mol. The number of ether oxygens (including phenoxy) is 1. The Labute approximate surface area is 124 Å². The molecule has 1 saturated carbocycles. The number of nitrogens with zero attached hydrogens (tertiary/aromatic N) is 1. The number of hydrogen-bond donors (Lipinski definition) is 1. The van der Waals surface area contributed by atoms with Gasteiger partial charge in [-0.3, -0.25) is 0 Å². The van der Waals surface area contributed by atoms with E-state index in [1.54, 1.807) is 0 Å². The molecule has 0 aromatic carbocycles. The smallest absolute Gasteiger partial charge is 0.0684 e. The van der Waals surface area contributed by atoms with E-state index < -0.39 is 0 Å². The van der Waals surface area contributed by atoms with Crippen LogP contribution in [0, 0.1) is 11.3 Å². The van der Waals surface area contributed by atoms with E-state index in [0.29, 0.717) is 17.6 Å². The number of fused-ring (bicyclic) bond motifs is 1. The summed E-state index contributed by atoms with van der Waals surface area (Å²) in [5.74, 6) is 0.771. The van der Waals surface area contributed by atoms with Gasteiger partial charge in [0.05, 0.1) is 6.10 Å². The van der Waals surface area contributed by atoms with Crippen LogP contribution >= 0.6 is 0 Å². The molecular formula is C17H32N2O. The molecule has 3 rings (SSSR count). The zero-order valence-electron chi connectivity index (χ0n) is 13.5. The molecule has 0 amide bonds. The first-order valence-electron chi connectivity index (χ1n) is 8.73. The van der Waals surface area contributed by atoms with Crippen molar-refractivity contribution in [1.82, 2.24) is 10.2 Å². The maximum absolute atomic E-state index is 6.01. The molecule has 3 atom stereocenters. The highest BCUT2D eigenvalue weighted by Crippen LogP contribution is 2.51. The number of likely N-dealkylation sites (tertiary alicyclic amines) is 1. The van der Waals surface area contributed by atoms with Gasteiger partial charge in [-0.25, -0.2) is 0 Å². The zero-order valence-corrected chi connectivity index (χ0v) is 13.5. The second kappa shape index (κ2) is 5.94. The van der Waals surface area contributed by atoms with Crippen LogP contribution in [0.25, 0.3) is 0 Å². The SMILES string of the molecule is CCCN1CCC(NC2C3CCCOC3C2(C)C)CC1. The van der Waals surface area contributed by atoms with Crippen molar-refractivity contribution in [2.45, 2.75) is 71.1 Å². The van der Waals surface area contributed by atoms with Crippen molar-refractivity contribution in [2.24, 2.45) is 11.3 Å². The second-order valence-corrected chi connectivity index (χ2v) is 7.68. The van der Waals surface area contributed by atoms with Crippen molar-refractivity contribution >= 4 is 0 Å². The summed E-state index contributed by atoms with van der Waals surface area (Å²) in [6.07, 6.45) is 7.06. The molecule has 3 aliphatic rings. The van der Waals surface area contributed by atoms with Crippen molar-refractivity contribution < 1.29 is 4.74 Å². The molecular weight excluding hydrogens is 248 g/mol. The predicted octanol–water partition coefficient (Wildman–Crippen LogP) is 2.65. The molecule has 116 valence electrons. The van der Waals surface area contributed by atoms with Gasteiger partial charge in [0.2, 0.25) is 0 Å². The average Bonchev–Trinajstić information content (AvgIpc) is 2.47. The fourth-order valence-corrected chi connectivity index (χ4v) is 4.75. The van der Waals surface area contributed by atoms with Crippen LogP contribution in [0.2, 0.25) is 0 Å². The van der Waals surface area contributed by atoms with Gasteiger partial charge in [-0.05, 0) is 51.7 Å². The van der Waals surface area contributed by atoms with Crippen LogP contribution < -0.4 is 5.32 Å². The molecule has 1 N–H and O–H groups in total. The first kappa shape index (κ1) is 14.8. The van der Waals surface area contributed by atoms with Gasteiger partial charge in [0.1, 0.15) is 0 Å². The third kappa shape index (κ3) is 2.65. The van der Waals surface area contributed by atoms with E-state index in [2.05, 4.69) is 31.0 Å². The Morgan fingerprint density at radius 3 is 2.65 bits per heavy atom. The monoisotopic (exact) mass is 280 g/mol. The molecule has 0 bridgehead atoms. The Kier molecular flexibility index (Phi) is 4.40. The Bertz CT molecular complexity index is 323. The van der Waals surface area contributed by atoms with Crippen molar-refractivity contribution in [2.75, 3.05) is 26.2 Å². The normalized spacial score (nSPS) is 38.2. The van der Waals surface area contributed by atoms with E-state index in [1.165, 1.54) is 51.7 Å². The molecule has 2 aliphatic heterocycles. The predicted molar refractivity (Wildman–Crippen MR) is 82.9 cm³/mol. The van der Waals surface area contributed by atoms with Crippen LogP contribution in [-0.4, -0.2) is 49.3 Å². The summed E-state index contributed by atoms with van der Waals surface area (Å²) in [6, 6.07) is 1.41. The van der Waals surface area contributed by atoms with Crippen molar-refractivity contribution in [3.8, 4) is 0 Å². The third-order valence-corrected chi connectivity index (χ3v) is 5.87. The summed E-state index contributed by atoms with van der Waals surface area (Å²) in [4.78, 5) is 2.62. The Morgan fingerprint density at radius 2 is 1.95 bits per heavy atom. The number of rotatable bonds is 4. The molecule has 0 spiro atoms. The van der Waals surface area contributed by atoms with Crippen LogP contribution in [0.1, 0.15) is 52.9 Å². The first-order valence-corrected chi connectivity index (χ1v) is 8.73. The Hall–Kier alpha value is -0.120. The number of hydrogen-bond acceptors (Lipinski definition) is 3. The van der Waals surface area contributed by atoms with Crippen molar-refractivity contribution in [1.29, 1.82) is 0 Å². The minimum atomic E-state index is 0.325. The topological polar surface area (TPSA) is 24.5 Å². The van der Waals surface area contributed by atoms with Gasteiger partial charge in [0.25, 0.3) is 0 Å². The molecule has 3 nitrogen and oxygen atoms in total. The molecule has 0 radical (unpaired) electrons. The fourth-order valence-electron chi connectivity index (χ4n) is 4.75. The van der Waals surface area contributed by atoms with Gasteiger partial charge in [-0.15, -0.1) is 0 Å². The summed E-state index contributed by atoms with van der Waals surface area (Å²) in [6.45, 7) is 11.9. The lowest BCUT2D eigenvalue weighted by Gasteiger charge is -2.61. The van der Waals surface area contributed by atoms with Gasteiger partial charge >= 0.3 is 0 Å². The highest BCUT2D eigenvalue weighted by Gasteiger charge is 2.58. The first-order chi connectivity index (χ1) is 9.63. The standard InChI is InChI=1S/C17H32N2O/c1-4-9-19-10-7-13(8-11-19)18-15-14-6-5-12-20-16(14)17(15,2)3/h13-16,18H,4-12H2,1-3H3. The largest absolute Gasteiger partial charge is 0.377 e. The highest BCUT2D eigenvalue weighted by molar-refractivity contribution is 5.11. The lowest BCUT2D eigenvalue weighted by Crippen LogP contribution is -2.71. The minimum absolute atomic E-state index is 0.325. The van der Waals surface area contributed by atoms with Gasteiger partial charge in [-0.1, -0.05) is 20.8 Å². The fraction of sp³-hybridized carbons (Fsp3) is 1.00. The van der Waals surface area contributed by atoms with Crippen molar-refractivity contribution in [3.05, 3.63) is 0 Å². The second-order valence-electron chi connectivity index (χ2n) is 7.68. The van der Waals surface area contributed by atoms with E-state index in [9.17, 15) is 0 Å². The molecule has 0 aromatic rings. The van der Waals surface area contributed by atoms with Crippen LogP contribution in [0.15, 0.2) is 0 Å². The molecule has 3 fully saturated rings. The maximum atomic E-state index is 6.01. The van der Waals surface area contributed by atoms with E-state index in [-0.39, 0.29) is 0 Å². The molecule has 0 aromatic heterocycles. The van der Waals surface area contributed by atoms with E-state index >= 15 is 0 Å². The molecule has 2 saturated heterocycles. The van der Waals surface area contributed by atoms with E-state index in [1.807, 2.05) is 0 Å². The molecule has 2 heterocycles. The van der Waals surface area contributed by atoms with Gasteiger partial charge in [0.15, 0.2) is 0 Å². The van der Waals surface area contributed by atoms with Crippen LogP contribution in [0.4, 0.5) is 0 Å². The lowest BCUT2D eigenvalue weighted by molar-refractivity contribution is -0.195. The van der Waals surface area contributed by atoms with E-state index in [0.717, 1.165) is 18.6 Å². The Balaban J connectivity index is 1.51. The number of nitrogens with one attached hydrogen (secondary N) is 1. The van der Waals surface area contributed by atoms with Crippen LogP contribution in [-0.2, 0) is 4.74 Å². The van der Waals surface area contributed by atoms with Gasteiger partial charge in [0, 0.05) is 30.0 Å². The lowest BCUT2D eigenvalue weighted by atomic mass is 9.55. The summed E-state index contributed by atoms with van der Waals surface area (Å²) in [5, 5.41) is 4.00. The van der Waals surface area contributed by atoms with Crippen molar-refractivity contribution in [3.63, 3.8) is 0 Å². The highest BCUT2D eigenvalue weighted by atomic mass is 16.5. The molecule has 3 unspecified atom stereocenters. The number of piperidine rings is 1. The summed E-state index contributed by atoms with van der Waals surface area (Å²) < 4.78 is 6.01. The molecule has 1 aliphatic carbocycles. The maximum Gasteiger partial charge on any atom is 0.0684 e. The molecule has 3 heteroatoms. The summed E-state index contributed by atoms with van der Waals surface area (Å²) in [7, 11) is 0. The Morgan fingerprint density at radius 1 is 1.20 bits per heavy atom. The summed E-state index contributed by atoms with van der Waals surface area (Å²) >= 11 is 0. The molecule has 20 heavy (non-hydrogen) atoms. The third-order valence-electron chi connectivity index (χ3n) is 5.87. The zero-order chi connectivity index (χ0) is 14.2. The van der Waals surface area contributed by atoms with E-state index in [4.69, 9.17) is 4.74 Å². The van der Waals surface area contributed by atoms with Gasteiger partial charge in [-0.2, -0.15) is 0 Å². The van der Waals surface area contributed by atoms with Gasteiger partial charge < -0.3 is 15.0 Å². The van der Waals surface area contributed by atoms with Crippen LogP contribution in [0.5, 0.6) is 0 Å². The van der Waals surface area contributed by atoms with Crippen LogP contribution in [0.3, 0.4) is 0 Å². The minimum Gasteiger partial charge on any atom is -0.377 e. The summed E-state index contributed by atoms with van der Waals surface area (Å²) in [5.41, 5.74) is 0.325.